The number of hydrogen-bond acceptors (Lipinski definition) is 4. The van der Waals surface area contributed by atoms with Gasteiger partial charge in [-0.3, -0.25) is 9.78 Å². The lowest BCUT2D eigenvalue weighted by molar-refractivity contribution is 0.102. The Bertz CT molecular complexity index is 989. The molecule has 138 valence electrons. The molecule has 0 saturated carbocycles. The van der Waals surface area contributed by atoms with Crippen molar-refractivity contribution in [3.63, 3.8) is 0 Å². The lowest BCUT2D eigenvalue weighted by Gasteiger charge is -2.12. The van der Waals surface area contributed by atoms with Gasteiger partial charge in [0.1, 0.15) is 5.75 Å². The smallest absolute Gasteiger partial charge is 0.257 e. The Morgan fingerprint density at radius 1 is 1.07 bits per heavy atom. The van der Waals surface area contributed by atoms with Crippen molar-refractivity contribution in [3.05, 3.63) is 76.6 Å². The molecule has 0 aliphatic heterocycles. The topological polar surface area (TPSA) is 63.2 Å². The van der Waals surface area contributed by atoms with E-state index in [4.69, 9.17) is 16.3 Å². The van der Waals surface area contributed by atoms with Crippen LogP contribution in [0.2, 0.25) is 5.02 Å². The van der Waals surface area contributed by atoms with Crippen LogP contribution >= 0.6 is 11.6 Å². The summed E-state index contributed by atoms with van der Waals surface area (Å²) in [6.45, 7) is 3.99. The Morgan fingerprint density at radius 2 is 1.89 bits per heavy atom. The highest BCUT2D eigenvalue weighted by Crippen LogP contribution is 2.29. The van der Waals surface area contributed by atoms with Crippen molar-refractivity contribution in [2.24, 2.45) is 0 Å². The van der Waals surface area contributed by atoms with Gasteiger partial charge in [0.05, 0.1) is 29.6 Å². The molecule has 1 heterocycles. The molecule has 0 aliphatic rings. The van der Waals surface area contributed by atoms with Gasteiger partial charge in [0.2, 0.25) is 0 Å². The van der Waals surface area contributed by atoms with Crippen molar-refractivity contribution in [2.75, 3.05) is 17.7 Å². The number of rotatable bonds is 5. The van der Waals surface area contributed by atoms with Crippen LogP contribution in [0, 0.1) is 13.8 Å². The summed E-state index contributed by atoms with van der Waals surface area (Å²) in [5.41, 5.74) is 4.87. The van der Waals surface area contributed by atoms with E-state index in [2.05, 4.69) is 15.6 Å². The largest absolute Gasteiger partial charge is 0.495 e. The van der Waals surface area contributed by atoms with E-state index in [-0.39, 0.29) is 5.91 Å². The van der Waals surface area contributed by atoms with Gasteiger partial charge in [-0.2, -0.15) is 0 Å². The monoisotopic (exact) mass is 381 g/mol. The van der Waals surface area contributed by atoms with Crippen molar-refractivity contribution in [3.8, 4) is 5.75 Å². The standard InChI is InChI=1S/C21H20ClN3O2/c1-13-5-4-6-19(14(13)2)25-21(26)15-9-17(12-23-11-15)24-16-7-8-20(27-3)18(22)10-16/h4-12,24H,1-3H3,(H,25,26). The third kappa shape index (κ3) is 4.38. The van der Waals surface area contributed by atoms with Gasteiger partial charge in [0.25, 0.3) is 5.91 Å². The molecule has 2 aromatic carbocycles. The van der Waals surface area contributed by atoms with Crippen molar-refractivity contribution in [2.45, 2.75) is 13.8 Å². The number of aryl methyl sites for hydroxylation is 1. The Balaban J connectivity index is 1.77. The van der Waals surface area contributed by atoms with Crippen LogP contribution < -0.4 is 15.4 Å². The number of hydrogen-bond donors (Lipinski definition) is 2. The average Bonchev–Trinajstić information content (AvgIpc) is 2.66. The van der Waals surface area contributed by atoms with Crippen LogP contribution in [0.25, 0.3) is 0 Å². The van der Waals surface area contributed by atoms with Gasteiger partial charge < -0.3 is 15.4 Å². The number of nitrogens with one attached hydrogen (secondary N) is 2. The molecule has 1 amide bonds. The summed E-state index contributed by atoms with van der Waals surface area (Å²) in [5, 5.41) is 6.63. The molecule has 5 nitrogen and oxygen atoms in total. The second-order valence-corrected chi connectivity index (χ2v) is 6.55. The predicted octanol–water partition coefficient (Wildman–Crippen LogP) is 5.36. The number of nitrogens with zero attached hydrogens (tertiary/aromatic N) is 1. The second kappa shape index (κ2) is 8.10. The van der Waals surface area contributed by atoms with Crippen LogP contribution in [0.1, 0.15) is 21.5 Å². The van der Waals surface area contributed by atoms with Gasteiger partial charge in [-0.05, 0) is 55.3 Å². The lowest BCUT2D eigenvalue weighted by atomic mass is 10.1. The van der Waals surface area contributed by atoms with Crippen LogP contribution in [0.15, 0.2) is 54.9 Å². The van der Waals surface area contributed by atoms with Gasteiger partial charge in [-0.25, -0.2) is 0 Å². The quantitative estimate of drug-likeness (QED) is 0.624. The number of amides is 1. The number of ether oxygens (including phenoxy) is 1. The number of carbonyl (C=O) groups is 1. The first kappa shape index (κ1) is 18.7. The van der Waals surface area contributed by atoms with Gasteiger partial charge in [-0.1, -0.05) is 23.7 Å². The molecule has 0 atom stereocenters. The molecule has 0 aliphatic carbocycles. The van der Waals surface area contributed by atoms with Gasteiger partial charge >= 0.3 is 0 Å². The number of pyridine rings is 1. The fourth-order valence-corrected chi connectivity index (χ4v) is 2.88. The molecule has 6 heteroatoms. The summed E-state index contributed by atoms with van der Waals surface area (Å²) in [7, 11) is 1.57. The number of carbonyl (C=O) groups excluding carboxylic acids is 1. The molecule has 1 aromatic heterocycles. The fraction of sp³-hybridized carbons (Fsp3) is 0.143. The highest BCUT2D eigenvalue weighted by Gasteiger charge is 2.10. The minimum absolute atomic E-state index is 0.215. The maximum Gasteiger partial charge on any atom is 0.257 e. The summed E-state index contributed by atoms with van der Waals surface area (Å²) in [5.74, 6) is 0.384. The van der Waals surface area contributed by atoms with E-state index in [1.165, 1.54) is 6.20 Å². The first-order valence-corrected chi connectivity index (χ1v) is 8.79. The molecule has 0 radical (unpaired) electrons. The van der Waals surface area contributed by atoms with E-state index in [1.54, 1.807) is 31.5 Å². The molecule has 0 spiro atoms. The number of aromatic nitrogens is 1. The summed E-state index contributed by atoms with van der Waals surface area (Å²) in [4.78, 5) is 16.8. The molecule has 3 rings (SSSR count). The Morgan fingerprint density at radius 3 is 2.63 bits per heavy atom. The van der Waals surface area contributed by atoms with Crippen LogP contribution in [-0.4, -0.2) is 18.0 Å². The summed E-state index contributed by atoms with van der Waals surface area (Å²) in [6.07, 6.45) is 3.18. The highest BCUT2D eigenvalue weighted by molar-refractivity contribution is 6.32. The van der Waals surface area contributed by atoms with Crippen LogP contribution in [-0.2, 0) is 0 Å². The molecule has 0 unspecified atom stereocenters. The molecule has 0 bridgehead atoms. The zero-order valence-electron chi connectivity index (χ0n) is 15.3. The number of halogens is 1. The first-order valence-electron chi connectivity index (χ1n) is 8.41. The lowest BCUT2D eigenvalue weighted by Crippen LogP contribution is -2.13. The minimum Gasteiger partial charge on any atom is -0.495 e. The van der Waals surface area contributed by atoms with Gasteiger partial charge in [0, 0.05) is 17.6 Å². The third-order valence-corrected chi connectivity index (χ3v) is 4.59. The normalized spacial score (nSPS) is 10.4. The molecule has 3 aromatic rings. The molecule has 0 fully saturated rings. The fourth-order valence-electron chi connectivity index (χ4n) is 2.62. The van der Waals surface area contributed by atoms with E-state index in [9.17, 15) is 4.79 Å². The van der Waals surface area contributed by atoms with Crippen LogP contribution in [0.3, 0.4) is 0 Å². The molecular formula is C21H20ClN3O2. The van der Waals surface area contributed by atoms with Crippen LogP contribution in [0.5, 0.6) is 5.75 Å². The second-order valence-electron chi connectivity index (χ2n) is 6.14. The van der Waals surface area contributed by atoms with Crippen molar-refractivity contribution in [1.29, 1.82) is 0 Å². The number of anilines is 3. The first-order chi connectivity index (χ1) is 13.0. The predicted molar refractivity (Wildman–Crippen MR) is 109 cm³/mol. The molecule has 0 saturated heterocycles. The Hall–Kier alpha value is -3.05. The summed E-state index contributed by atoms with van der Waals surface area (Å²) >= 11 is 6.15. The molecule has 2 N–H and O–H groups in total. The van der Waals surface area contributed by atoms with E-state index in [0.717, 1.165) is 22.5 Å². The zero-order valence-corrected chi connectivity index (χ0v) is 16.1. The van der Waals surface area contributed by atoms with Crippen molar-refractivity contribution < 1.29 is 9.53 Å². The van der Waals surface area contributed by atoms with Gasteiger partial charge in [-0.15, -0.1) is 0 Å². The van der Waals surface area contributed by atoms with E-state index < -0.39 is 0 Å². The summed E-state index contributed by atoms with van der Waals surface area (Å²) in [6, 6.07) is 12.9. The zero-order chi connectivity index (χ0) is 19.4. The summed E-state index contributed by atoms with van der Waals surface area (Å²) < 4.78 is 5.15. The Kier molecular flexibility index (Phi) is 5.62. The average molecular weight is 382 g/mol. The minimum atomic E-state index is -0.215. The highest BCUT2D eigenvalue weighted by atomic mass is 35.5. The third-order valence-electron chi connectivity index (χ3n) is 4.29. The number of methoxy groups -OCH3 is 1. The molecule has 27 heavy (non-hydrogen) atoms. The maximum atomic E-state index is 12.6. The molecular weight excluding hydrogens is 362 g/mol. The SMILES string of the molecule is COc1ccc(Nc2cncc(C(=O)Nc3cccc(C)c3C)c2)cc1Cl. The van der Waals surface area contributed by atoms with E-state index >= 15 is 0 Å². The van der Waals surface area contributed by atoms with Crippen molar-refractivity contribution >= 4 is 34.6 Å². The Labute approximate surface area is 163 Å². The number of benzene rings is 2. The van der Waals surface area contributed by atoms with Gasteiger partial charge in [0.15, 0.2) is 0 Å². The van der Waals surface area contributed by atoms with E-state index in [1.807, 2.05) is 38.1 Å². The van der Waals surface area contributed by atoms with E-state index in [0.29, 0.717) is 22.0 Å². The van der Waals surface area contributed by atoms with Crippen LogP contribution in [0.4, 0.5) is 17.1 Å². The maximum absolute atomic E-state index is 12.6. The van der Waals surface area contributed by atoms with Crippen molar-refractivity contribution in [1.82, 2.24) is 4.98 Å².